The Morgan fingerprint density at radius 3 is 2.20 bits per heavy atom. The fraction of sp³-hybridized carbons (Fsp3) is 0.111. The van der Waals surface area contributed by atoms with Crippen molar-refractivity contribution >= 4 is 26.7 Å². The second-order valence-electron chi connectivity index (χ2n) is 5.21. The first-order chi connectivity index (χ1) is 9.60. The van der Waals surface area contributed by atoms with Gasteiger partial charge in [0.1, 0.15) is 0 Å². The van der Waals surface area contributed by atoms with Gasteiger partial charge in [-0.2, -0.15) is 0 Å². The van der Waals surface area contributed by atoms with E-state index in [0.29, 0.717) is 0 Å². The monoisotopic (exact) mass is 325 g/mol. The normalized spacial score (nSPS) is 14.2. The quantitative estimate of drug-likeness (QED) is 0.717. The van der Waals surface area contributed by atoms with Gasteiger partial charge in [0.25, 0.3) is 0 Å². The zero-order valence-corrected chi connectivity index (χ0v) is 12.9. The summed E-state index contributed by atoms with van der Waals surface area (Å²) < 4.78 is 1.04. The summed E-state index contributed by atoms with van der Waals surface area (Å²) in [6.07, 6.45) is 0. The molecule has 0 aromatic heterocycles. The molecule has 0 spiro atoms. The molecule has 3 aromatic rings. The number of rotatable bonds is 2. The zero-order chi connectivity index (χ0) is 14.2. The van der Waals surface area contributed by atoms with E-state index in [1.807, 2.05) is 18.2 Å². The van der Waals surface area contributed by atoms with E-state index in [9.17, 15) is 0 Å². The van der Waals surface area contributed by atoms with Crippen molar-refractivity contribution in [1.82, 2.24) is 0 Å². The summed E-state index contributed by atoms with van der Waals surface area (Å²) >= 11 is 3.61. The number of hydrogen-bond donors (Lipinski definition) is 1. The molecule has 0 bridgehead atoms. The summed E-state index contributed by atoms with van der Waals surface area (Å²) in [6.45, 7) is 2.06. The molecule has 20 heavy (non-hydrogen) atoms. The average Bonchev–Trinajstić information content (AvgIpc) is 2.47. The molecule has 0 heterocycles. The molecule has 0 aliphatic rings. The minimum Gasteiger partial charge on any atom is -0.318 e. The van der Waals surface area contributed by atoms with E-state index in [-0.39, 0.29) is 0 Å². The lowest BCUT2D eigenvalue weighted by Crippen LogP contribution is -2.34. The second-order valence-corrected chi connectivity index (χ2v) is 6.06. The number of nitrogens with two attached hydrogens (primary N) is 1. The Kier molecular flexibility index (Phi) is 3.36. The van der Waals surface area contributed by atoms with Gasteiger partial charge >= 0.3 is 0 Å². The van der Waals surface area contributed by atoms with E-state index in [2.05, 4.69) is 71.4 Å². The van der Waals surface area contributed by atoms with E-state index in [1.54, 1.807) is 0 Å². The van der Waals surface area contributed by atoms with Crippen LogP contribution in [0.4, 0.5) is 0 Å². The van der Waals surface area contributed by atoms with Gasteiger partial charge in [-0.05, 0) is 34.9 Å². The number of hydrogen-bond acceptors (Lipinski definition) is 1. The van der Waals surface area contributed by atoms with Crippen LogP contribution in [0.25, 0.3) is 10.8 Å². The van der Waals surface area contributed by atoms with Gasteiger partial charge in [0.15, 0.2) is 0 Å². The largest absolute Gasteiger partial charge is 0.318 e. The van der Waals surface area contributed by atoms with Crippen molar-refractivity contribution in [2.24, 2.45) is 5.73 Å². The Morgan fingerprint density at radius 1 is 0.800 bits per heavy atom. The summed E-state index contributed by atoms with van der Waals surface area (Å²) in [5.74, 6) is 0. The molecule has 1 atom stereocenters. The Morgan fingerprint density at radius 2 is 1.40 bits per heavy atom. The third kappa shape index (κ3) is 2.15. The molecule has 0 radical (unpaired) electrons. The maximum absolute atomic E-state index is 6.70. The van der Waals surface area contributed by atoms with Crippen molar-refractivity contribution in [1.29, 1.82) is 0 Å². The molecule has 3 aromatic carbocycles. The van der Waals surface area contributed by atoms with Crippen LogP contribution in [0.15, 0.2) is 71.2 Å². The molecule has 0 aliphatic carbocycles. The minimum absolute atomic E-state index is 0.541. The van der Waals surface area contributed by atoms with Gasteiger partial charge in [-0.1, -0.05) is 76.6 Å². The van der Waals surface area contributed by atoms with Crippen LogP contribution in [0.3, 0.4) is 0 Å². The van der Waals surface area contributed by atoms with Gasteiger partial charge in [0, 0.05) is 4.47 Å². The molecular formula is C18H16BrN. The molecule has 1 nitrogen and oxygen atoms in total. The molecule has 3 rings (SSSR count). The fourth-order valence-electron chi connectivity index (χ4n) is 2.71. The molecule has 0 fully saturated rings. The SMILES string of the molecule is CC(N)(c1ccccc1Br)c1cccc2ccccc12. The first kappa shape index (κ1) is 13.3. The molecule has 0 saturated carbocycles. The molecule has 100 valence electrons. The topological polar surface area (TPSA) is 26.0 Å². The Bertz CT molecular complexity index is 757. The third-order valence-corrected chi connectivity index (χ3v) is 4.47. The van der Waals surface area contributed by atoms with Gasteiger partial charge < -0.3 is 5.73 Å². The zero-order valence-electron chi connectivity index (χ0n) is 11.3. The van der Waals surface area contributed by atoms with Crippen LogP contribution < -0.4 is 5.73 Å². The lowest BCUT2D eigenvalue weighted by molar-refractivity contribution is 0.605. The van der Waals surface area contributed by atoms with Gasteiger partial charge in [-0.3, -0.25) is 0 Å². The van der Waals surface area contributed by atoms with Crippen molar-refractivity contribution in [2.75, 3.05) is 0 Å². The summed E-state index contributed by atoms with van der Waals surface area (Å²) in [5, 5.41) is 2.42. The first-order valence-corrected chi connectivity index (χ1v) is 7.42. The highest BCUT2D eigenvalue weighted by Gasteiger charge is 2.27. The lowest BCUT2D eigenvalue weighted by Gasteiger charge is -2.28. The van der Waals surface area contributed by atoms with Crippen molar-refractivity contribution in [2.45, 2.75) is 12.5 Å². The van der Waals surface area contributed by atoms with Crippen LogP contribution in [0.2, 0.25) is 0 Å². The standard InChI is InChI=1S/C18H16BrN/c1-18(20,16-10-4-5-12-17(16)19)15-11-6-8-13-7-2-3-9-14(13)15/h2-12H,20H2,1H3. The van der Waals surface area contributed by atoms with Crippen molar-refractivity contribution in [3.63, 3.8) is 0 Å². The van der Waals surface area contributed by atoms with Gasteiger partial charge in [0.05, 0.1) is 5.54 Å². The number of fused-ring (bicyclic) bond motifs is 1. The molecular weight excluding hydrogens is 310 g/mol. The highest BCUT2D eigenvalue weighted by molar-refractivity contribution is 9.10. The molecule has 1 unspecified atom stereocenters. The van der Waals surface area contributed by atoms with Crippen molar-refractivity contribution < 1.29 is 0 Å². The van der Waals surface area contributed by atoms with E-state index >= 15 is 0 Å². The van der Waals surface area contributed by atoms with E-state index in [4.69, 9.17) is 5.73 Å². The van der Waals surface area contributed by atoms with Crippen LogP contribution in [-0.4, -0.2) is 0 Å². The summed E-state index contributed by atoms with van der Waals surface area (Å²) in [4.78, 5) is 0. The van der Waals surface area contributed by atoms with Crippen LogP contribution in [0.5, 0.6) is 0 Å². The first-order valence-electron chi connectivity index (χ1n) is 6.63. The predicted octanol–water partition coefficient (Wildman–Crippen LogP) is 4.82. The third-order valence-electron chi connectivity index (χ3n) is 3.78. The van der Waals surface area contributed by atoms with Crippen LogP contribution in [0.1, 0.15) is 18.1 Å². The summed E-state index contributed by atoms with van der Waals surface area (Å²) in [7, 11) is 0. The summed E-state index contributed by atoms with van der Waals surface area (Å²) in [6, 6.07) is 22.8. The van der Waals surface area contributed by atoms with E-state index in [1.165, 1.54) is 10.8 Å². The lowest BCUT2D eigenvalue weighted by atomic mass is 9.83. The Hall–Kier alpha value is -1.64. The van der Waals surface area contributed by atoms with Gasteiger partial charge in [-0.15, -0.1) is 0 Å². The van der Waals surface area contributed by atoms with Crippen molar-refractivity contribution in [3.05, 3.63) is 82.3 Å². The second kappa shape index (κ2) is 5.04. The minimum atomic E-state index is -0.541. The molecule has 0 saturated heterocycles. The Labute approximate surface area is 127 Å². The van der Waals surface area contributed by atoms with Gasteiger partial charge in [-0.25, -0.2) is 0 Å². The van der Waals surface area contributed by atoms with E-state index in [0.717, 1.165) is 15.6 Å². The van der Waals surface area contributed by atoms with Gasteiger partial charge in [0.2, 0.25) is 0 Å². The predicted molar refractivity (Wildman–Crippen MR) is 88.7 cm³/mol. The maximum Gasteiger partial charge on any atom is 0.0654 e. The highest BCUT2D eigenvalue weighted by Crippen LogP contribution is 2.35. The highest BCUT2D eigenvalue weighted by atomic mass is 79.9. The Balaban J connectivity index is 2.27. The van der Waals surface area contributed by atoms with Crippen LogP contribution >= 0.6 is 15.9 Å². The molecule has 2 N–H and O–H groups in total. The van der Waals surface area contributed by atoms with Crippen molar-refractivity contribution in [3.8, 4) is 0 Å². The molecule has 0 amide bonds. The average molecular weight is 326 g/mol. The van der Waals surface area contributed by atoms with E-state index < -0.39 is 5.54 Å². The number of benzene rings is 3. The maximum atomic E-state index is 6.70. The molecule has 2 heteroatoms. The smallest absolute Gasteiger partial charge is 0.0654 e. The molecule has 0 aliphatic heterocycles. The fourth-order valence-corrected chi connectivity index (χ4v) is 3.40. The van der Waals surface area contributed by atoms with Crippen LogP contribution in [0, 0.1) is 0 Å². The number of halogens is 1. The van der Waals surface area contributed by atoms with Crippen LogP contribution in [-0.2, 0) is 5.54 Å². The summed E-state index contributed by atoms with van der Waals surface area (Å²) in [5.41, 5.74) is 8.39.